The van der Waals surface area contributed by atoms with Crippen LogP contribution in [0, 0.1) is 5.92 Å². The Labute approximate surface area is 152 Å². The minimum Gasteiger partial charge on any atom is -0.507 e. The lowest BCUT2D eigenvalue weighted by molar-refractivity contribution is 0.0485. The standard InChI is InChI=1S/C18H26N2O6/c1-9(2)8-11(20-17(25)26-18(3,4)5)15(22)13-10(19)6-7-12(21)14(13)16(23)24/h6-7,9,11,21H,8,19H2,1-5H3,(H,20,25)(H,23,24)/t11-/m0/s1. The van der Waals surface area contributed by atoms with Gasteiger partial charge in [0, 0.05) is 5.69 Å². The van der Waals surface area contributed by atoms with E-state index in [0.717, 1.165) is 6.07 Å². The van der Waals surface area contributed by atoms with E-state index in [2.05, 4.69) is 5.32 Å². The molecule has 0 heterocycles. The lowest BCUT2D eigenvalue weighted by Gasteiger charge is -2.24. The number of benzene rings is 1. The van der Waals surface area contributed by atoms with Crippen molar-refractivity contribution in [3.63, 3.8) is 0 Å². The molecule has 26 heavy (non-hydrogen) atoms. The zero-order chi connectivity index (χ0) is 20.2. The molecule has 1 amide bonds. The maximum atomic E-state index is 13.0. The molecule has 0 aliphatic rings. The van der Waals surface area contributed by atoms with Gasteiger partial charge in [0.15, 0.2) is 5.78 Å². The second kappa shape index (κ2) is 8.07. The van der Waals surface area contributed by atoms with E-state index >= 15 is 0 Å². The van der Waals surface area contributed by atoms with Gasteiger partial charge in [0.2, 0.25) is 0 Å². The Bertz CT molecular complexity index is 706. The van der Waals surface area contributed by atoms with Crippen molar-refractivity contribution in [2.45, 2.75) is 52.7 Å². The Balaban J connectivity index is 3.28. The predicted octanol–water partition coefficient (Wildman–Crippen LogP) is 2.79. The highest BCUT2D eigenvalue weighted by molar-refractivity contribution is 6.13. The third-order valence-corrected chi connectivity index (χ3v) is 3.39. The molecule has 0 spiro atoms. The van der Waals surface area contributed by atoms with Gasteiger partial charge >= 0.3 is 12.1 Å². The Hall–Kier alpha value is -2.77. The highest BCUT2D eigenvalue weighted by atomic mass is 16.6. The van der Waals surface area contributed by atoms with Gasteiger partial charge in [-0.2, -0.15) is 0 Å². The van der Waals surface area contributed by atoms with Gasteiger partial charge in [-0.15, -0.1) is 0 Å². The molecule has 1 aromatic carbocycles. The van der Waals surface area contributed by atoms with E-state index in [-0.39, 0.29) is 23.6 Å². The van der Waals surface area contributed by atoms with Crippen molar-refractivity contribution >= 4 is 23.5 Å². The molecule has 0 saturated carbocycles. The number of phenols is 1. The fraction of sp³-hybridized carbons (Fsp3) is 0.500. The Kier molecular flexibility index (Phi) is 6.60. The van der Waals surface area contributed by atoms with Crippen LogP contribution in [0.15, 0.2) is 12.1 Å². The number of anilines is 1. The van der Waals surface area contributed by atoms with Gasteiger partial charge in [-0.05, 0) is 45.2 Å². The monoisotopic (exact) mass is 366 g/mol. The Morgan fingerprint density at radius 3 is 2.23 bits per heavy atom. The minimum atomic E-state index is -1.49. The molecule has 0 radical (unpaired) electrons. The summed E-state index contributed by atoms with van der Waals surface area (Å²) < 4.78 is 5.17. The van der Waals surface area contributed by atoms with Gasteiger partial charge in [-0.1, -0.05) is 13.8 Å². The van der Waals surface area contributed by atoms with Crippen LogP contribution in [-0.2, 0) is 4.74 Å². The number of hydrogen-bond donors (Lipinski definition) is 4. The van der Waals surface area contributed by atoms with Crippen molar-refractivity contribution in [1.82, 2.24) is 5.32 Å². The maximum absolute atomic E-state index is 13.0. The van der Waals surface area contributed by atoms with Gasteiger partial charge < -0.3 is 26.0 Å². The van der Waals surface area contributed by atoms with Crippen molar-refractivity contribution < 1.29 is 29.3 Å². The average molecular weight is 366 g/mol. The third kappa shape index (κ3) is 5.65. The molecule has 144 valence electrons. The number of carbonyl (C=O) groups is 3. The number of aromatic carboxylic acids is 1. The van der Waals surface area contributed by atoms with Gasteiger partial charge in [-0.3, -0.25) is 4.79 Å². The summed E-state index contributed by atoms with van der Waals surface area (Å²) in [5, 5.41) is 21.6. The van der Waals surface area contributed by atoms with E-state index in [9.17, 15) is 24.6 Å². The van der Waals surface area contributed by atoms with Crippen molar-refractivity contribution in [2.75, 3.05) is 5.73 Å². The fourth-order valence-electron chi connectivity index (χ4n) is 2.42. The van der Waals surface area contributed by atoms with Crippen molar-refractivity contribution in [3.05, 3.63) is 23.3 Å². The van der Waals surface area contributed by atoms with Gasteiger partial charge in [0.1, 0.15) is 16.9 Å². The number of amides is 1. The molecular formula is C18H26N2O6. The van der Waals surface area contributed by atoms with Crippen LogP contribution >= 0.6 is 0 Å². The molecule has 8 heteroatoms. The third-order valence-electron chi connectivity index (χ3n) is 3.39. The topological polar surface area (TPSA) is 139 Å². The number of nitrogens with one attached hydrogen (secondary N) is 1. The Morgan fingerprint density at radius 1 is 1.19 bits per heavy atom. The molecule has 8 nitrogen and oxygen atoms in total. The molecule has 0 aliphatic carbocycles. The lowest BCUT2D eigenvalue weighted by atomic mass is 9.91. The molecule has 5 N–H and O–H groups in total. The maximum Gasteiger partial charge on any atom is 0.408 e. The van der Waals surface area contributed by atoms with Crippen molar-refractivity contribution in [2.24, 2.45) is 5.92 Å². The normalized spacial score (nSPS) is 12.5. The number of alkyl carbamates (subject to hydrolysis) is 1. The molecule has 0 bridgehead atoms. The van der Waals surface area contributed by atoms with E-state index in [1.807, 2.05) is 13.8 Å². The van der Waals surface area contributed by atoms with Crippen LogP contribution in [0.2, 0.25) is 0 Å². The summed E-state index contributed by atoms with van der Waals surface area (Å²) in [6.45, 7) is 8.74. The number of ether oxygens (including phenoxy) is 1. The van der Waals surface area contributed by atoms with Crippen LogP contribution < -0.4 is 11.1 Å². The molecule has 1 rings (SSSR count). The molecule has 1 aromatic rings. The summed E-state index contributed by atoms with van der Waals surface area (Å²) in [6.07, 6.45) is -0.557. The van der Waals surface area contributed by atoms with Crippen LogP contribution in [0.3, 0.4) is 0 Å². The average Bonchev–Trinajstić information content (AvgIpc) is 2.45. The quantitative estimate of drug-likeness (QED) is 0.345. The largest absolute Gasteiger partial charge is 0.507 e. The van der Waals surface area contributed by atoms with E-state index in [4.69, 9.17) is 10.5 Å². The van der Waals surface area contributed by atoms with Crippen LogP contribution in [0.25, 0.3) is 0 Å². The summed E-state index contributed by atoms with van der Waals surface area (Å²) in [4.78, 5) is 36.5. The smallest absolute Gasteiger partial charge is 0.408 e. The lowest BCUT2D eigenvalue weighted by Crippen LogP contribution is -2.44. The minimum absolute atomic E-state index is 0.0192. The molecule has 0 unspecified atom stereocenters. The summed E-state index contributed by atoms with van der Waals surface area (Å²) in [5.74, 6) is -2.74. The summed E-state index contributed by atoms with van der Waals surface area (Å²) >= 11 is 0. The first-order valence-electron chi connectivity index (χ1n) is 8.22. The zero-order valence-electron chi connectivity index (χ0n) is 15.6. The second-order valence-corrected chi connectivity index (χ2v) is 7.42. The first kappa shape index (κ1) is 21.3. The molecule has 0 aliphatic heterocycles. The second-order valence-electron chi connectivity index (χ2n) is 7.42. The van der Waals surface area contributed by atoms with Crippen LogP contribution in [0.4, 0.5) is 10.5 Å². The number of ketones is 1. The van der Waals surface area contributed by atoms with E-state index in [1.54, 1.807) is 20.8 Å². The van der Waals surface area contributed by atoms with E-state index in [0.29, 0.717) is 0 Å². The summed E-state index contributed by atoms with van der Waals surface area (Å²) in [5.41, 5.74) is 4.02. The van der Waals surface area contributed by atoms with E-state index < -0.39 is 40.8 Å². The van der Waals surface area contributed by atoms with Crippen molar-refractivity contribution in [1.29, 1.82) is 0 Å². The number of hydrogen-bond acceptors (Lipinski definition) is 6. The fourth-order valence-corrected chi connectivity index (χ4v) is 2.42. The van der Waals surface area contributed by atoms with Crippen molar-refractivity contribution in [3.8, 4) is 5.75 Å². The number of Topliss-reactive ketones (excluding diaryl/α,β-unsaturated/α-hetero) is 1. The van der Waals surface area contributed by atoms with Gasteiger partial charge in [-0.25, -0.2) is 9.59 Å². The number of rotatable bonds is 6. The molecule has 1 atom stereocenters. The predicted molar refractivity (Wildman–Crippen MR) is 96.4 cm³/mol. The number of nitrogens with two attached hydrogens (primary N) is 1. The van der Waals surface area contributed by atoms with Gasteiger partial charge in [0.05, 0.1) is 11.6 Å². The van der Waals surface area contributed by atoms with Gasteiger partial charge in [0.25, 0.3) is 0 Å². The summed E-state index contributed by atoms with van der Waals surface area (Å²) in [7, 11) is 0. The molecule has 0 saturated heterocycles. The Morgan fingerprint density at radius 2 is 1.77 bits per heavy atom. The molecule has 0 aromatic heterocycles. The SMILES string of the molecule is CC(C)C[C@H](NC(=O)OC(C)(C)C)C(=O)c1c(N)ccc(O)c1C(=O)O. The van der Waals surface area contributed by atoms with E-state index in [1.165, 1.54) is 6.07 Å². The zero-order valence-corrected chi connectivity index (χ0v) is 15.6. The number of aromatic hydroxyl groups is 1. The molecule has 0 fully saturated rings. The highest BCUT2D eigenvalue weighted by Crippen LogP contribution is 2.28. The summed E-state index contributed by atoms with van der Waals surface area (Å²) in [6, 6.07) is 1.30. The molecular weight excluding hydrogens is 340 g/mol. The number of carboxylic acid groups (broad SMARTS) is 1. The number of carbonyl (C=O) groups excluding carboxylic acids is 2. The number of nitrogen functional groups attached to an aromatic ring is 1. The van der Waals surface area contributed by atoms with Crippen LogP contribution in [0.5, 0.6) is 5.75 Å². The van der Waals surface area contributed by atoms with Crippen LogP contribution in [0.1, 0.15) is 61.8 Å². The first-order chi connectivity index (χ1) is 11.8. The first-order valence-corrected chi connectivity index (χ1v) is 8.22. The highest BCUT2D eigenvalue weighted by Gasteiger charge is 2.31. The number of carboxylic acids is 1. The van der Waals surface area contributed by atoms with Crippen LogP contribution in [-0.4, -0.2) is 39.7 Å².